The van der Waals surface area contributed by atoms with Gasteiger partial charge in [0.25, 0.3) is 5.91 Å². The number of anilines is 1. The van der Waals surface area contributed by atoms with Gasteiger partial charge in [-0.1, -0.05) is 0 Å². The molecule has 0 spiro atoms. The number of phenolic OH excluding ortho intramolecular Hbond substituents is 1. The Labute approximate surface area is 164 Å². The molecular formula is C18H20BrN3O3S. The van der Waals surface area contributed by atoms with Crippen molar-refractivity contribution in [1.82, 2.24) is 10.2 Å². The first kappa shape index (κ1) is 17.6. The average molecular weight is 438 g/mol. The maximum absolute atomic E-state index is 12.8. The highest BCUT2D eigenvalue weighted by molar-refractivity contribution is 9.10. The Balaban J connectivity index is 1.69. The number of carbonyl (C=O) groups excluding carboxylic acids is 1. The zero-order valence-electron chi connectivity index (χ0n) is 14.6. The van der Waals surface area contributed by atoms with E-state index in [1.54, 1.807) is 23.5 Å². The van der Waals surface area contributed by atoms with E-state index in [1.165, 1.54) is 10.4 Å². The molecule has 1 aromatic heterocycles. The molecule has 0 unspecified atom stereocenters. The van der Waals surface area contributed by atoms with Crippen LogP contribution in [0, 0.1) is 0 Å². The van der Waals surface area contributed by atoms with Crippen molar-refractivity contribution in [1.29, 1.82) is 0 Å². The molecule has 8 heteroatoms. The molecule has 1 aromatic carbocycles. The Morgan fingerprint density at radius 2 is 2.23 bits per heavy atom. The van der Waals surface area contributed by atoms with Crippen LogP contribution in [0.1, 0.15) is 39.5 Å². The highest BCUT2D eigenvalue weighted by Gasteiger charge is 2.33. The SMILES string of the molecule is CCOc1cc([C@H]2NC(=O)c3c(sc4c3CCN(C)C4)N2)cc(Br)c1O. The Morgan fingerprint density at radius 1 is 1.42 bits per heavy atom. The van der Waals surface area contributed by atoms with E-state index in [9.17, 15) is 9.90 Å². The summed E-state index contributed by atoms with van der Waals surface area (Å²) in [5.41, 5.74) is 2.78. The normalized spacial score (nSPS) is 19.3. The smallest absolute Gasteiger partial charge is 0.256 e. The Morgan fingerprint density at radius 3 is 3.00 bits per heavy atom. The van der Waals surface area contributed by atoms with Crippen molar-refractivity contribution in [2.45, 2.75) is 26.1 Å². The third-order valence-corrected chi connectivity index (χ3v) is 6.46. The monoisotopic (exact) mass is 437 g/mol. The fourth-order valence-corrected chi connectivity index (χ4v) is 5.25. The van der Waals surface area contributed by atoms with Gasteiger partial charge in [-0.15, -0.1) is 11.3 Å². The summed E-state index contributed by atoms with van der Waals surface area (Å²) in [6.07, 6.45) is 0.528. The Bertz CT molecular complexity index is 883. The van der Waals surface area contributed by atoms with Crippen molar-refractivity contribution in [3.05, 3.63) is 38.2 Å². The van der Waals surface area contributed by atoms with Gasteiger partial charge >= 0.3 is 0 Å². The van der Waals surface area contributed by atoms with Crippen LogP contribution < -0.4 is 15.4 Å². The summed E-state index contributed by atoms with van der Waals surface area (Å²) in [5.74, 6) is 0.409. The number of hydrogen-bond donors (Lipinski definition) is 3. The first-order chi connectivity index (χ1) is 12.5. The van der Waals surface area contributed by atoms with Gasteiger partial charge < -0.3 is 25.4 Å². The zero-order valence-corrected chi connectivity index (χ0v) is 17.0. The molecule has 138 valence electrons. The van der Waals surface area contributed by atoms with E-state index in [0.717, 1.165) is 35.6 Å². The minimum atomic E-state index is -0.371. The highest BCUT2D eigenvalue weighted by Crippen LogP contribution is 2.42. The van der Waals surface area contributed by atoms with E-state index in [1.807, 2.05) is 6.92 Å². The summed E-state index contributed by atoms with van der Waals surface area (Å²) in [4.78, 5) is 16.3. The maximum Gasteiger partial charge on any atom is 0.256 e. The van der Waals surface area contributed by atoms with Crippen molar-refractivity contribution in [3.8, 4) is 11.5 Å². The first-order valence-corrected chi connectivity index (χ1v) is 10.1. The van der Waals surface area contributed by atoms with Crippen LogP contribution in [0.2, 0.25) is 0 Å². The molecule has 6 nitrogen and oxygen atoms in total. The molecule has 26 heavy (non-hydrogen) atoms. The standard InChI is InChI=1S/C18H20BrN3O3S/c1-3-25-12-7-9(6-11(19)15(12)23)16-20-17(24)14-10-4-5-22(2)8-13(10)26-18(14)21-16/h6-7,16,21,23H,3-5,8H2,1-2H3,(H,20,24)/t16-/m0/s1. The summed E-state index contributed by atoms with van der Waals surface area (Å²) < 4.78 is 6.03. The predicted octanol–water partition coefficient (Wildman–Crippen LogP) is 3.46. The van der Waals surface area contributed by atoms with Gasteiger partial charge in [-0.2, -0.15) is 0 Å². The van der Waals surface area contributed by atoms with Crippen LogP contribution in [0.5, 0.6) is 11.5 Å². The number of fused-ring (bicyclic) bond motifs is 3. The van der Waals surface area contributed by atoms with Gasteiger partial charge in [-0.05, 0) is 59.6 Å². The molecule has 4 rings (SSSR count). The number of hydrogen-bond acceptors (Lipinski definition) is 6. The summed E-state index contributed by atoms with van der Waals surface area (Å²) in [6, 6.07) is 3.55. The predicted molar refractivity (Wildman–Crippen MR) is 105 cm³/mol. The van der Waals surface area contributed by atoms with Crippen LogP contribution in [0.15, 0.2) is 16.6 Å². The second-order valence-electron chi connectivity index (χ2n) is 6.53. The van der Waals surface area contributed by atoms with E-state index < -0.39 is 0 Å². The molecular weight excluding hydrogens is 418 g/mol. The largest absolute Gasteiger partial charge is 0.503 e. The van der Waals surface area contributed by atoms with Gasteiger partial charge in [0.2, 0.25) is 0 Å². The lowest BCUT2D eigenvalue weighted by Crippen LogP contribution is -2.38. The molecule has 3 heterocycles. The lowest BCUT2D eigenvalue weighted by atomic mass is 10.0. The number of nitrogens with one attached hydrogen (secondary N) is 2. The second kappa shape index (κ2) is 6.75. The Kier molecular flexibility index (Phi) is 4.58. The van der Waals surface area contributed by atoms with Crippen LogP contribution >= 0.6 is 27.3 Å². The number of halogens is 1. The minimum Gasteiger partial charge on any atom is -0.503 e. The third-order valence-electron chi connectivity index (χ3n) is 4.71. The molecule has 0 saturated carbocycles. The van der Waals surface area contributed by atoms with Crippen LogP contribution in [0.3, 0.4) is 0 Å². The van der Waals surface area contributed by atoms with E-state index in [-0.39, 0.29) is 17.8 Å². The van der Waals surface area contributed by atoms with Crippen molar-refractivity contribution >= 4 is 38.2 Å². The minimum absolute atomic E-state index is 0.0482. The maximum atomic E-state index is 12.8. The summed E-state index contributed by atoms with van der Waals surface area (Å²) in [5, 5.41) is 17.5. The Hall–Kier alpha value is -1.77. The fourth-order valence-electron chi connectivity index (χ4n) is 3.44. The molecule has 0 bridgehead atoms. The number of rotatable bonds is 3. The molecule has 0 radical (unpaired) electrons. The van der Waals surface area contributed by atoms with Crippen LogP contribution in [-0.4, -0.2) is 36.1 Å². The van der Waals surface area contributed by atoms with E-state index >= 15 is 0 Å². The molecule has 0 fully saturated rings. The molecule has 1 amide bonds. The van der Waals surface area contributed by atoms with Gasteiger partial charge in [-0.3, -0.25) is 4.79 Å². The van der Waals surface area contributed by atoms with Gasteiger partial charge in [0.15, 0.2) is 11.5 Å². The molecule has 0 aliphatic carbocycles. The quantitative estimate of drug-likeness (QED) is 0.685. The fraction of sp³-hybridized carbons (Fsp3) is 0.389. The van der Waals surface area contributed by atoms with E-state index in [4.69, 9.17) is 4.74 Å². The molecule has 2 aromatic rings. The molecule has 2 aliphatic rings. The van der Waals surface area contributed by atoms with Crippen molar-refractivity contribution in [2.24, 2.45) is 0 Å². The number of amides is 1. The highest BCUT2D eigenvalue weighted by atomic mass is 79.9. The van der Waals surface area contributed by atoms with Crippen molar-refractivity contribution < 1.29 is 14.6 Å². The van der Waals surface area contributed by atoms with Gasteiger partial charge in [-0.25, -0.2) is 0 Å². The van der Waals surface area contributed by atoms with E-state index in [2.05, 4.69) is 38.5 Å². The molecule has 2 aliphatic heterocycles. The lowest BCUT2D eigenvalue weighted by Gasteiger charge is -2.28. The number of benzene rings is 1. The van der Waals surface area contributed by atoms with E-state index in [0.29, 0.717) is 16.8 Å². The van der Waals surface area contributed by atoms with Gasteiger partial charge in [0.1, 0.15) is 11.2 Å². The van der Waals surface area contributed by atoms with Crippen LogP contribution in [0.25, 0.3) is 0 Å². The number of likely N-dealkylation sites (N-methyl/N-ethyl adjacent to an activating group) is 1. The number of nitrogens with zero attached hydrogens (tertiary/aromatic N) is 1. The van der Waals surface area contributed by atoms with Crippen molar-refractivity contribution in [2.75, 3.05) is 25.5 Å². The summed E-state index contributed by atoms with van der Waals surface area (Å²) in [6.45, 7) is 4.16. The topological polar surface area (TPSA) is 73.8 Å². The lowest BCUT2D eigenvalue weighted by molar-refractivity contribution is 0.0934. The number of phenols is 1. The number of aromatic hydroxyl groups is 1. The number of carbonyl (C=O) groups is 1. The van der Waals surface area contributed by atoms with Gasteiger partial charge in [0, 0.05) is 18.0 Å². The second-order valence-corrected chi connectivity index (χ2v) is 8.49. The average Bonchev–Trinajstić information content (AvgIpc) is 2.96. The summed E-state index contributed by atoms with van der Waals surface area (Å²) in [7, 11) is 2.10. The molecule has 0 saturated heterocycles. The van der Waals surface area contributed by atoms with Crippen molar-refractivity contribution in [3.63, 3.8) is 0 Å². The molecule has 3 N–H and O–H groups in total. The van der Waals surface area contributed by atoms with Crippen LogP contribution in [-0.2, 0) is 13.0 Å². The van der Waals surface area contributed by atoms with Crippen LogP contribution in [0.4, 0.5) is 5.00 Å². The zero-order chi connectivity index (χ0) is 18.4. The number of thiophene rings is 1. The molecule has 1 atom stereocenters. The third kappa shape index (κ3) is 2.95. The van der Waals surface area contributed by atoms with Gasteiger partial charge in [0.05, 0.1) is 16.6 Å². The summed E-state index contributed by atoms with van der Waals surface area (Å²) >= 11 is 5.02. The first-order valence-electron chi connectivity index (χ1n) is 8.53. The number of ether oxygens (including phenoxy) is 1.